The lowest BCUT2D eigenvalue weighted by atomic mass is 10.1. The zero-order chi connectivity index (χ0) is 17.9. The maximum Gasteiger partial charge on any atom is 0.246 e. The molecule has 1 atom stereocenters. The number of amides is 1. The highest BCUT2D eigenvalue weighted by molar-refractivity contribution is 7.09. The maximum absolute atomic E-state index is 12.5. The Balaban J connectivity index is 1.33. The van der Waals surface area contributed by atoms with Crippen molar-refractivity contribution in [3.63, 3.8) is 0 Å². The number of carbonyl (C=O) groups excluding carboxylic acids is 1. The summed E-state index contributed by atoms with van der Waals surface area (Å²) in [5, 5.41) is 15.6. The minimum Gasteiger partial charge on any atom is -0.341 e. The fourth-order valence-corrected chi connectivity index (χ4v) is 4.09. The molecule has 7 nitrogen and oxygen atoms in total. The van der Waals surface area contributed by atoms with Crippen molar-refractivity contribution in [3.8, 4) is 11.4 Å². The number of thiazole rings is 1. The van der Waals surface area contributed by atoms with Gasteiger partial charge in [0.05, 0.1) is 5.01 Å². The summed E-state index contributed by atoms with van der Waals surface area (Å²) >= 11 is 1.70. The van der Waals surface area contributed by atoms with Crippen LogP contribution in [0, 0.1) is 12.8 Å². The number of aromatic nitrogens is 5. The average Bonchev–Trinajstić information content (AvgIpc) is 3.38. The molecule has 1 amide bonds. The van der Waals surface area contributed by atoms with Crippen molar-refractivity contribution in [1.82, 2.24) is 30.1 Å². The van der Waals surface area contributed by atoms with E-state index in [1.165, 1.54) is 4.80 Å². The molecule has 0 N–H and O–H groups in total. The Labute approximate surface area is 155 Å². The van der Waals surface area contributed by atoms with Crippen LogP contribution in [0.15, 0.2) is 35.7 Å². The minimum absolute atomic E-state index is 0.0415. The summed E-state index contributed by atoms with van der Waals surface area (Å²) < 4.78 is 0. The van der Waals surface area contributed by atoms with Gasteiger partial charge in [-0.1, -0.05) is 30.3 Å². The van der Waals surface area contributed by atoms with E-state index in [0.29, 0.717) is 11.7 Å². The Morgan fingerprint density at radius 1 is 1.31 bits per heavy atom. The summed E-state index contributed by atoms with van der Waals surface area (Å²) in [5.74, 6) is 1.06. The van der Waals surface area contributed by atoms with Crippen LogP contribution in [0.25, 0.3) is 11.4 Å². The van der Waals surface area contributed by atoms with E-state index in [1.54, 1.807) is 11.3 Å². The van der Waals surface area contributed by atoms with Crippen LogP contribution in [0.4, 0.5) is 0 Å². The number of benzene rings is 1. The Bertz CT molecular complexity index is 890. The van der Waals surface area contributed by atoms with E-state index in [0.717, 1.165) is 42.2 Å². The third kappa shape index (κ3) is 3.80. The molecule has 2 aromatic heterocycles. The summed E-state index contributed by atoms with van der Waals surface area (Å²) in [6.45, 7) is 3.70. The fraction of sp³-hybridized carbons (Fsp3) is 0.389. The standard InChI is InChI=1S/C18H20N6OS/c1-13-12-26-16(19-13)9-14-7-8-23(10-14)17(25)11-24-21-18(20-22-24)15-5-3-2-4-6-15/h2-6,12,14H,7-11H2,1H3. The number of hydrogen-bond donors (Lipinski definition) is 0. The molecule has 1 aromatic carbocycles. The van der Waals surface area contributed by atoms with Crippen molar-refractivity contribution < 1.29 is 4.79 Å². The smallest absolute Gasteiger partial charge is 0.246 e. The molecule has 4 rings (SSSR count). The Morgan fingerprint density at radius 2 is 2.15 bits per heavy atom. The van der Waals surface area contributed by atoms with E-state index in [9.17, 15) is 4.79 Å². The second kappa shape index (κ2) is 7.33. The van der Waals surface area contributed by atoms with Gasteiger partial charge in [-0.3, -0.25) is 4.79 Å². The van der Waals surface area contributed by atoms with Crippen LogP contribution in [-0.2, 0) is 17.8 Å². The lowest BCUT2D eigenvalue weighted by Gasteiger charge is -2.15. The Morgan fingerprint density at radius 3 is 2.92 bits per heavy atom. The van der Waals surface area contributed by atoms with E-state index >= 15 is 0 Å². The van der Waals surface area contributed by atoms with Crippen molar-refractivity contribution in [2.75, 3.05) is 13.1 Å². The van der Waals surface area contributed by atoms with Gasteiger partial charge in [-0.05, 0) is 24.5 Å². The van der Waals surface area contributed by atoms with E-state index in [-0.39, 0.29) is 12.5 Å². The van der Waals surface area contributed by atoms with Crippen LogP contribution in [0.1, 0.15) is 17.1 Å². The van der Waals surface area contributed by atoms with Crippen LogP contribution < -0.4 is 0 Å². The highest BCUT2D eigenvalue weighted by Gasteiger charge is 2.27. The van der Waals surface area contributed by atoms with Gasteiger partial charge in [0.2, 0.25) is 11.7 Å². The summed E-state index contributed by atoms with van der Waals surface area (Å²) in [5.41, 5.74) is 1.97. The number of rotatable bonds is 5. The van der Waals surface area contributed by atoms with Crippen molar-refractivity contribution in [1.29, 1.82) is 0 Å². The normalized spacial score (nSPS) is 17.0. The predicted octanol–water partition coefficient (Wildman–Crippen LogP) is 2.20. The lowest BCUT2D eigenvalue weighted by molar-refractivity contribution is -0.131. The molecule has 1 aliphatic heterocycles. The van der Waals surface area contributed by atoms with Gasteiger partial charge in [0.25, 0.3) is 0 Å². The molecule has 3 heterocycles. The first-order valence-corrected chi connectivity index (χ1v) is 9.57. The van der Waals surface area contributed by atoms with Crippen LogP contribution in [0.2, 0.25) is 0 Å². The second-order valence-corrected chi connectivity index (χ2v) is 7.53. The van der Waals surface area contributed by atoms with E-state index in [1.807, 2.05) is 42.2 Å². The highest BCUT2D eigenvalue weighted by Crippen LogP contribution is 2.23. The molecule has 1 saturated heterocycles. The molecule has 1 fully saturated rings. The second-order valence-electron chi connectivity index (χ2n) is 6.59. The summed E-state index contributed by atoms with van der Waals surface area (Å²) in [4.78, 5) is 20.3. The van der Waals surface area contributed by atoms with Crippen molar-refractivity contribution in [3.05, 3.63) is 46.4 Å². The van der Waals surface area contributed by atoms with Gasteiger partial charge in [0.15, 0.2) is 0 Å². The first kappa shape index (κ1) is 16.8. The Kier molecular flexibility index (Phi) is 4.75. The van der Waals surface area contributed by atoms with Crippen molar-refractivity contribution >= 4 is 17.2 Å². The number of likely N-dealkylation sites (tertiary alicyclic amines) is 1. The van der Waals surface area contributed by atoms with Crippen molar-refractivity contribution in [2.24, 2.45) is 5.92 Å². The molecule has 0 aliphatic carbocycles. The average molecular weight is 368 g/mol. The molecule has 8 heteroatoms. The molecule has 0 radical (unpaired) electrons. The highest BCUT2D eigenvalue weighted by atomic mass is 32.1. The number of aryl methyl sites for hydroxylation is 1. The zero-order valence-corrected chi connectivity index (χ0v) is 15.4. The topological polar surface area (TPSA) is 76.8 Å². The quantitative estimate of drug-likeness (QED) is 0.690. The van der Waals surface area contributed by atoms with Gasteiger partial charge in [-0.15, -0.1) is 21.5 Å². The van der Waals surface area contributed by atoms with Gasteiger partial charge in [0.1, 0.15) is 6.54 Å². The van der Waals surface area contributed by atoms with E-state index < -0.39 is 0 Å². The predicted molar refractivity (Wildman–Crippen MR) is 98.5 cm³/mol. The molecule has 3 aromatic rings. The van der Waals surface area contributed by atoms with E-state index in [4.69, 9.17) is 0 Å². The fourth-order valence-electron chi connectivity index (χ4n) is 3.20. The number of nitrogens with zero attached hydrogens (tertiary/aromatic N) is 6. The van der Waals surface area contributed by atoms with E-state index in [2.05, 4.69) is 25.8 Å². The maximum atomic E-state index is 12.5. The first-order chi connectivity index (χ1) is 12.7. The molecular weight excluding hydrogens is 348 g/mol. The minimum atomic E-state index is 0.0415. The number of hydrogen-bond acceptors (Lipinski definition) is 6. The van der Waals surface area contributed by atoms with Gasteiger partial charge in [0, 0.05) is 36.1 Å². The van der Waals surface area contributed by atoms with Crippen LogP contribution >= 0.6 is 11.3 Å². The van der Waals surface area contributed by atoms with Gasteiger partial charge >= 0.3 is 0 Å². The monoisotopic (exact) mass is 368 g/mol. The largest absolute Gasteiger partial charge is 0.341 e. The first-order valence-electron chi connectivity index (χ1n) is 8.69. The third-order valence-electron chi connectivity index (χ3n) is 4.53. The SMILES string of the molecule is Cc1csc(CC2CCN(C(=O)Cn3nnc(-c4ccccc4)n3)C2)n1. The van der Waals surface area contributed by atoms with Crippen LogP contribution in [0.3, 0.4) is 0 Å². The van der Waals surface area contributed by atoms with Gasteiger partial charge in [-0.2, -0.15) is 4.80 Å². The summed E-state index contributed by atoms with van der Waals surface area (Å²) in [6, 6.07) is 9.64. The molecule has 0 bridgehead atoms. The lowest BCUT2D eigenvalue weighted by Crippen LogP contribution is -2.32. The molecular formula is C18H20N6OS. The molecule has 1 unspecified atom stereocenters. The summed E-state index contributed by atoms with van der Waals surface area (Å²) in [6.07, 6.45) is 1.96. The Hall–Kier alpha value is -2.61. The van der Waals surface area contributed by atoms with Crippen molar-refractivity contribution in [2.45, 2.75) is 26.3 Å². The molecule has 0 saturated carbocycles. The molecule has 26 heavy (non-hydrogen) atoms. The molecule has 1 aliphatic rings. The number of tetrazole rings is 1. The molecule has 134 valence electrons. The van der Waals surface area contributed by atoms with Crippen LogP contribution in [0.5, 0.6) is 0 Å². The summed E-state index contributed by atoms with van der Waals surface area (Å²) in [7, 11) is 0. The zero-order valence-electron chi connectivity index (χ0n) is 14.6. The molecule has 0 spiro atoms. The number of carbonyl (C=O) groups is 1. The van der Waals surface area contributed by atoms with Gasteiger partial charge < -0.3 is 4.90 Å². The van der Waals surface area contributed by atoms with Gasteiger partial charge in [-0.25, -0.2) is 4.98 Å². The third-order valence-corrected chi connectivity index (χ3v) is 5.52. The van der Waals surface area contributed by atoms with Crippen LogP contribution in [-0.4, -0.2) is 49.1 Å².